The van der Waals surface area contributed by atoms with E-state index in [9.17, 15) is 0 Å². The van der Waals surface area contributed by atoms with Crippen molar-refractivity contribution in [3.63, 3.8) is 0 Å². The van der Waals surface area contributed by atoms with Gasteiger partial charge in [0.15, 0.2) is 0 Å². The summed E-state index contributed by atoms with van der Waals surface area (Å²) < 4.78 is 0. The molecule has 0 unspecified atom stereocenters. The molecule has 0 spiro atoms. The number of hydrogen-bond acceptors (Lipinski definition) is 2. The molecule has 9 aliphatic rings. The van der Waals surface area contributed by atoms with Crippen LogP contribution in [-0.2, 0) is 0 Å². The maximum Gasteiger partial charge on any atom is 0.248 e. The van der Waals surface area contributed by atoms with Crippen molar-refractivity contribution in [1.82, 2.24) is 0 Å². The van der Waals surface area contributed by atoms with Gasteiger partial charge in [0.05, 0.1) is 22.7 Å². The molecule has 0 aliphatic carbocycles. The van der Waals surface area contributed by atoms with E-state index in [1.54, 1.807) is 0 Å². The van der Waals surface area contributed by atoms with Crippen LogP contribution in [0.15, 0.2) is 109 Å². The number of fused-ring (bicyclic) bond motifs is 18. The van der Waals surface area contributed by atoms with Crippen LogP contribution in [0.5, 0.6) is 0 Å². The maximum absolute atomic E-state index is 2.87. The zero-order valence-corrected chi connectivity index (χ0v) is 32.6. The highest BCUT2D eigenvalue weighted by molar-refractivity contribution is 7.10. The van der Waals surface area contributed by atoms with E-state index in [-0.39, 0.29) is 26.9 Å². The highest BCUT2D eigenvalue weighted by Gasteiger charge is 2.61. The van der Waals surface area contributed by atoms with Crippen molar-refractivity contribution in [1.29, 1.82) is 0 Å². The fourth-order valence-electron chi connectivity index (χ4n) is 14.4. The summed E-state index contributed by atoms with van der Waals surface area (Å²) in [5.41, 5.74) is 43.6. The Morgan fingerprint density at radius 1 is 0.293 bits per heavy atom. The lowest BCUT2D eigenvalue weighted by Crippen LogP contribution is -2.68. The Morgan fingerprint density at radius 3 is 0.810 bits per heavy atom. The minimum absolute atomic E-state index is 0.179. The smallest absolute Gasteiger partial charge is 0.248 e. The van der Waals surface area contributed by atoms with E-state index in [0.29, 0.717) is 0 Å². The monoisotopic (exact) mass is 726 g/mol. The van der Waals surface area contributed by atoms with Crippen LogP contribution in [0.2, 0.25) is 0 Å². The van der Waals surface area contributed by atoms with Crippen molar-refractivity contribution >= 4 is 127 Å². The average Bonchev–Trinajstić information content (AvgIpc) is 3.95. The van der Waals surface area contributed by atoms with Crippen molar-refractivity contribution in [2.24, 2.45) is 0 Å². The molecule has 0 saturated carbocycles. The molecule has 0 N–H and O–H groups in total. The van der Waals surface area contributed by atoms with Crippen molar-refractivity contribution in [2.75, 3.05) is 9.80 Å². The van der Waals surface area contributed by atoms with Gasteiger partial charge in [0.1, 0.15) is 0 Å². The Bertz CT molecular complexity index is 3110. The molecule has 260 valence electrons. The zero-order chi connectivity index (χ0) is 37.5. The molecule has 8 aromatic carbocycles. The third-order valence-corrected chi connectivity index (χ3v) is 16.1. The molecule has 17 rings (SSSR count). The first-order valence-corrected chi connectivity index (χ1v) is 21.2. The number of anilines is 6. The number of nitrogens with zero attached hydrogens (tertiary/aromatic N) is 2. The Morgan fingerprint density at radius 2 is 0.552 bits per heavy atom. The van der Waals surface area contributed by atoms with E-state index in [1.807, 2.05) is 0 Å². The van der Waals surface area contributed by atoms with Crippen molar-refractivity contribution in [3.05, 3.63) is 131 Å². The Balaban J connectivity index is 1.17. The van der Waals surface area contributed by atoms with Crippen LogP contribution in [0.3, 0.4) is 0 Å². The molecule has 0 atom stereocenters. The number of rotatable bonds is 0. The second kappa shape index (κ2) is 8.71. The van der Waals surface area contributed by atoms with Crippen molar-refractivity contribution < 1.29 is 0 Å². The summed E-state index contributed by atoms with van der Waals surface area (Å²) in [5.74, 6) is 0. The summed E-state index contributed by atoms with van der Waals surface area (Å²) in [4.78, 5) is 5.73. The summed E-state index contributed by atoms with van der Waals surface area (Å²) in [6.45, 7) is 9.84. The lowest BCUT2D eigenvalue weighted by molar-refractivity contribution is 1.20. The summed E-state index contributed by atoms with van der Waals surface area (Å²) >= 11 is 0. The quantitative estimate of drug-likeness (QED) is 0.222. The van der Waals surface area contributed by atoms with E-state index in [4.69, 9.17) is 0 Å². The van der Waals surface area contributed by atoms with Gasteiger partial charge in [0.2, 0.25) is 26.9 Å². The molecule has 2 nitrogen and oxygen atoms in total. The molecule has 6 heteroatoms. The van der Waals surface area contributed by atoms with Crippen LogP contribution in [0, 0.1) is 27.7 Å². The highest BCUT2D eigenvalue weighted by Crippen LogP contribution is 2.61. The van der Waals surface area contributed by atoms with Gasteiger partial charge in [0.25, 0.3) is 0 Å². The van der Waals surface area contributed by atoms with Gasteiger partial charge in [0, 0.05) is 11.4 Å². The van der Waals surface area contributed by atoms with Crippen LogP contribution < -0.4 is 75.4 Å². The van der Waals surface area contributed by atoms with Crippen LogP contribution in [0.4, 0.5) is 34.1 Å². The Hall–Kier alpha value is -6.38. The molecule has 58 heavy (non-hydrogen) atoms. The normalized spacial score (nSPS) is 15.7. The van der Waals surface area contributed by atoms with Crippen LogP contribution in [0.25, 0.3) is 44.5 Å². The number of aryl methyl sites for hydroxylation is 4. The lowest BCUT2D eigenvalue weighted by atomic mass is 9.29. The van der Waals surface area contributed by atoms with Crippen LogP contribution in [0.1, 0.15) is 22.3 Å². The van der Waals surface area contributed by atoms with Gasteiger partial charge in [-0.25, -0.2) is 0 Å². The van der Waals surface area contributed by atoms with E-state index < -0.39 is 0 Å². The first kappa shape index (κ1) is 28.9. The molecule has 8 aromatic rings. The van der Waals surface area contributed by atoms with Gasteiger partial charge >= 0.3 is 0 Å². The van der Waals surface area contributed by atoms with Gasteiger partial charge in [-0.15, -0.1) is 0 Å². The van der Waals surface area contributed by atoms with Gasteiger partial charge in [-0.3, -0.25) is 0 Å². The van der Waals surface area contributed by atoms with Gasteiger partial charge in [-0.05, 0) is 116 Å². The molecule has 0 amide bonds. The van der Waals surface area contributed by atoms with Crippen LogP contribution >= 0.6 is 0 Å². The van der Waals surface area contributed by atoms with Gasteiger partial charge in [-0.2, -0.15) is 0 Å². The van der Waals surface area contributed by atoms with Crippen molar-refractivity contribution in [3.8, 4) is 44.5 Å². The van der Waals surface area contributed by atoms with Gasteiger partial charge in [-0.1, -0.05) is 153 Å². The predicted molar refractivity (Wildman–Crippen MR) is 249 cm³/mol. The zero-order valence-electron chi connectivity index (χ0n) is 32.6. The second-order valence-corrected chi connectivity index (χ2v) is 18.9. The average molecular weight is 726 g/mol. The summed E-state index contributed by atoms with van der Waals surface area (Å²) in [6.07, 6.45) is 0. The fourth-order valence-corrected chi connectivity index (χ4v) is 14.4. The molecule has 0 fully saturated rings. The molecule has 0 aromatic heterocycles. The number of para-hydroxylation sites is 2. The van der Waals surface area contributed by atoms with E-state index >= 15 is 0 Å². The lowest BCUT2D eigenvalue weighted by Gasteiger charge is -2.54. The number of benzene rings is 8. The summed E-state index contributed by atoms with van der Waals surface area (Å²) in [7, 11) is 0. The van der Waals surface area contributed by atoms with Crippen LogP contribution in [-0.4, -0.2) is 26.9 Å². The first-order chi connectivity index (χ1) is 28.5. The maximum atomic E-state index is 2.87. The highest BCUT2D eigenvalue weighted by atomic mass is 15.3. The minimum Gasteiger partial charge on any atom is -0.308 e. The Kier molecular flexibility index (Phi) is 4.34. The second-order valence-electron chi connectivity index (χ2n) is 18.9. The molecule has 9 heterocycles. The molecule has 0 saturated heterocycles. The number of hydrogen-bond donors (Lipinski definition) is 0. The third kappa shape index (κ3) is 2.67. The SMILES string of the molecule is Cc1ccc2c(c1)-c1c3c4c5c6c1-c1cc(C)ccc1B6c1cccc6c1N5c1c5c(c7c8c1N4c1c(cccc1B8c1ccc(C)cc1-7)B23)-c1cc(C)ccc1B65. The largest absolute Gasteiger partial charge is 0.308 e. The van der Waals surface area contributed by atoms with Crippen molar-refractivity contribution in [2.45, 2.75) is 27.7 Å². The molecule has 9 aliphatic heterocycles. The third-order valence-electron chi connectivity index (χ3n) is 16.1. The van der Waals surface area contributed by atoms with E-state index in [0.717, 1.165) is 0 Å². The van der Waals surface area contributed by atoms with E-state index in [1.165, 1.54) is 166 Å². The molecule has 0 radical (unpaired) electrons. The first-order valence-electron chi connectivity index (χ1n) is 21.2. The molecular formula is C52H30B4N2. The fraction of sp³-hybridized carbons (Fsp3) is 0.0769. The minimum atomic E-state index is 0.179. The summed E-state index contributed by atoms with van der Waals surface area (Å²) in [6, 6.07) is 44.2. The molecular weight excluding hydrogens is 696 g/mol. The van der Waals surface area contributed by atoms with E-state index in [2.05, 4.69) is 147 Å². The Labute approximate surface area is 338 Å². The standard InChI is InChI=1S/C52H30B4N2/c1-23-11-15-31-27(19-23)39-40-28-20-24(2)12-16-32(28)54-37-9-6-10-38-48(37)58-50(44(40)54)49-43(39)53(31)35-7-5-8-36-47(35)57(49)51-45-41(29-21-25(3)13-17-33(29)55(36)45)42-30-22-26(4)14-18-34(30)56(38)46(42)52(51)58/h5-22H,1-4H3. The van der Waals surface area contributed by atoms with Gasteiger partial charge < -0.3 is 9.80 Å². The summed E-state index contributed by atoms with van der Waals surface area (Å²) in [5, 5.41) is 0. The predicted octanol–water partition coefficient (Wildman–Crippen LogP) is 3.41. The topological polar surface area (TPSA) is 6.48 Å². The molecule has 0 bridgehead atoms.